The monoisotopic (exact) mass is 422 g/mol. The first-order valence-corrected chi connectivity index (χ1v) is 10.4. The molecule has 5 aromatic rings. The lowest BCUT2D eigenvalue weighted by Crippen LogP contribution is -2.00. The number of aromatic nitrogens is 4. The van der Waals surface area contributed by atoms with E-state index in [2.05, 4.69) is 50.5 Å². The average molecular weight is 422 g/mol. The van der Waals surface area contributed by atoms with Crippen LogP contribution in [0.25, 0.3) is 10.9 Å². The van der Waals surface area contributed by atoms with Crippen LogP contribution in [0.4, 0.5) is 0 Å². The van der Waals surface area contributed by atoms with E-state index in [1.807, 2.05) is 54.6 Å². The quantitative estimate of drug-likeness (QED) is 0.377. The van der Waals surface area contributed by atoms with Crippen LogP contribution < -0.4 is 9.47 Å². The Bertz CT molecular complexity index is 1320. The maximum atomic E-state index is 6.00. The number of nitrogens with zero attached hydrogens (tertiary/aromatic N) is 3. The summed E-state index contributed by atoms with van der Waals surface area (Å²) < 4.78 is 12.0. The van der Waals surface area contributed by atoms with Crippen molar-refractivity contribution >= 4 is 10.9 Å². The minimum absolute atomic E-state index is 0.401. The van der Waals surface area contributed by atoms with Crippen LogP contribution in [-0.2, 0) is 19.6 Å². The minimum atomic E-state index is 0.401. The van der Waals surface area contributed by atoms with E-state index in [1.165, 1.54) is 6.33 Å². The van der Waals surface area contributed by atoms with Crippen molar-refractivity contribution in [2.24, 2.45) is 0 Å². The molecule has 0 spiro atoms. The molecule has 1 N–H and O–H groups in total. The summed E-state index contributed by atoms with van der Waals surface area (Å²) in [5.41, 5.74) is 4.10. The third-order valence-corrected chi connectivity index (χ3v) is 5.08. The van der Waals surface area contributed by atoms with E-state index < -0.39 is 0 Å². The summed E-state index contributed by atoms with van der Waals surface area (Å²) in [6.07, 6.45) is 2.23. The fourth-order valence-corrected chi connectivity index (χ4v) is 3.51. The third kappa shape index (κ3) is 4.92. The van der Waals surface area contributed by atoms with Gasteiger partial charge in [-0.25, -0.2) is 9.97 Å². The highest BCUT2D eigenvalue weighted by molar-refractivity contribution is 5.78. The van der Waals surface area contributed by atoms with Gasteiger partial charge in [0.2, 0.25) is 0 Å². The van der Waals surface area contributed by atoms with Gasteiger partial charge in [0.15, 0.2) is 0 Å². The standard InChI is InChI=1S/C26H22N4O2/c1-2-10-25-21(7-1)11-12-22(29-25)17-32-24-9-4-8-23(15-24)31-16-20-6-3-5-19(13-20)14-26-27-18-28-30-26/h1-13,15,18H,14,16-17H2,(H,27,28,30). The van der Waals surface area contributed by atoms with Gasteiger partial charge in [-0.2, -0.15) is 5.10 Å². The molecule has 5 rings (SSSR count). The molecule has 158 valence electrons. The van der Waals surface area contributed by atoms with Gasteiger partial charge in [-0.05, 0) is 35.4 Å². The number of H-pyrrole nitrogens is 1. The molecule has 0 aliphatic rings. The zero-order valence-electron chi connectivity index (χ0n) is 17.4. The molecule has 3 aromatic carbocycles. The maximum Gasteiger partial charge on any atom is 0.137 e. The molecular formula is C26H22N4O2. The Kier molecular flexibility index (Phi) is 5.74. The molecule has 0 bridgehead atoms. The Labute approximate surface area is 185 Å². The number of rotatable bonds is 8. The van der Waals surface area contributed by atoms with Crippen LogP contribution in [0, 0.1) is 0 Å². The molecule has 0 aliphatic heterocycles. The fraction of sp³-hybridized carbons (Fsp3) is 0.115. The van der Waals surface area contributed by atoms with Gasteiger partial charge in [0.05, 0.1) is 11.2 Å². The number of hydrogen-bond acceptors (Lipinski definition) is 5. The van der Waals surface area contributed by atoms with E-state index in [1.54, 1.807) is 0 Å². The van der Waals surface area contributed by atoms with Crippen LogP contribution in [0.15, 0.2) is 91.3 Å². The molecule has 32 heavy (non-hydrogen) atoms. The molecule has 0 atom stereocenters. The van der Waals surface area contributed by atoms with Crippen molar-refractivity contribution < 1.29 is 9.47 Å². The molecule has 0 aliphatic carbocycles. The SMILES string of the molecule is c1cc(COc2cccc(OCc3ccc4ccccc4n3)c2)cc(Cc2ncn[nH]2)c1. The van der Waals surface area contributed by atoms with Crippen molar-refractivity contribution in [1.29, 1.82) is 0 Å². The summed E-state index contributed by atoms with van der Waals surface area (Å²) >= 11 is 0. The van der Waals surface area contributed by atoms with Gasteiger partial charge in [0.1, 0.15) is 36.9 Å². The van der Waals surface area contributed by atoms with Crippen molar-refractivity contribution in [2.75, 3.05) is 0 Å². The number of benzene rings is 3. The number of aromatic amines is 1. The number of pyridine rings is 1. The van der Waals surface area contributed by atoms with Crippen LogP contribution >= 0.6 is 0 Å². The Balaban J connectivity index is 1.19. The zero-order chi connectivity index (χ0) is 21.6. The first-order valence-electron chi connectivity index (χ1n) is 10.4. The predicted molar refractivity (Wildman–Crippen MR) is 122 cm³/mol. The summed E-state index contributed by atoms with van der Waals surface area (Å²) in [7, 11) is 0. The second-order valence-corrected chi connectivity index (χ2v) is 7.48. The second kappa shape index (κ2) is 9.31. The lowest BCUT2D eigenvalue weighted by molar-refractivity contribution is 0.287. The summed E-state index contributed by atoms with van der Waals surface area (Å²) in [5, 5.41) is 7.91. The molecule has 2 heterocycles. The first kappa shape index (κ1) is 19.8. The van der Waals surface area contributed by atoms with Gasteiger partial charge in [0.25, 0.3) is 0 Å². The largest absolute Gasteiger partial charge is 0.489 e. The van der Waals surface area contributed by atoms with E-state index in [4.69, 9.17) is 9.47 Å². The van der Waals surface area contributed by atoms with Gasteiger partial charge in [0, 0.05) is 17.9 Å². The maximum absolute atomic E-state index is 6.00. The lowest BCUT2D eigenvalue weighted by Gasteiger charge is -2.10. The molecule has 0 amide bonds. The van der Waals surface area contributed by atoms with Crippen LogP contribution in [0.5, 0.6) is 11.5 Å². The molecule has 6 heteroatoms. The Morgan fingerprint density at radius 3 is 2.41 bits per heavy atom. The molecular weight excluding hydrogens is 400 g/mol. The van der Waals surface area contributed by atoms with Crippen LogP contribution in [-0.4, -0.2) is 20.2 Å². The van der Waals surface area contributed by atoms with Gasteiger partial charge in [-0.15, -0.1) is 0 Å². The number of hydrogen-bond donors (Lipinski definition) is 1. The second-order valence-electron chi connectivity index (χ2n) is 7.48. The summed E-state index contributed by atoms with van der Waals surface area (Å²) in [4.78, 5) is 8.84. The average Bonchev–Trinajstić information content (AvgIpc) is 3.35. The number of para-hydroxylation sites is 1. The van der Waals surface area contributed by atoms with E-state index in [0.717, 1.165) is 45.0 Å². The van der Waals surface area contributed by atoms with Gasteiger partial charge in [-0.3, -0.25) is 5.10 Å². The normalized spacial score (nSPS) is 10.9. The molecule has 0 saturated heterocycles. The Morgan fingerprint density at radius 1 is 0.719 bits per heavy atom. The highest BCUT2D eigenvalue weighted by Gasteiger charge is 2.04. The lowest BCUT2D eigenvalue weighted by atomic mass is 10.1. The van der Waals surface area contributed by atoms with E-state index in [9.17, 15) is 0 Å². The smallest absolute Gasteiger partial charge is 0.137 e. The van der Waals surface area contributed by atoms with E-state index in [0.29, 0.717) is 19.6 Å². The molecule has 0 saturated carbocycles. The molecule has 6 nitrogen and oxygen atoms in total. The van der Waals surface area contributed by atoms with Crippen LogP contribution in [0.1, 0.15) is 22.6 Å². The number of nitrogens with one attached hydrogen (secondary N) is 1. The number of ether oxygens (including phenoxy) is 2. The highest BCUT2D eigenvalue weighted by Crippen LogP contribution is 2.22. The molecule has 0 fully saturated rings. The van der Waals surface area contributed by atoms with Crippen molar-refractivity contribution in [2.45, 2.75) is 19.6 Å². The Hall–Kier alpha value is -4.19. The van der Waals surface area contributed by atoms with Crippen LogP contribution in [0.3, 0.4) is 0 Å². The molecule has 0 radical (unpaired) electrons. The molecule has 2 aromatic heterocycles. The topological polar surface area (TPSA) is 72.9 Å². The highest BCUT2D eigenvalue weighted by atomic mass is 16.5. The summed E-state index contributed by atoms with van der Waals surface area (Å²) in [6.45, 7) is 0.873. The van der Waals surface area contributed by atoms with Crippen LogP contribution in [0.2, 0.25) is 0 Å². The summed E-state index contributed by atoms with van der Waals surface area (Å²) in [5.74, 6) is 2.35. The molecule has 0 unspecified atom stereocenters. The number of fused-ring (bicyclic) bond motifs is 1. The minimum Gasteiger partial charge on any atom is -0.489 e. The van der Waals surface area contributed by atoms with E-state index >= 15 is 0 Å². The van der Waals surface area contributed by atoms with Gasteiger partial charge >= 0.3 is 0 Å². The van der Waals surface area contributed by atoms with Gasteiger partial charge < -0.3 is 9.47 Å². The zero-order valence-corrected chi connectivity index (χ0v) is 17.4. The van der Waals surface area contributed by atoms with Crippen molar-refractivity contribution in [3.05, 3.63) is 114 Å². The summed E-state index contributed by atoms with van der Waals surface area (Å²) in [6, 6.07) is 28.1. The van der Waals surface area contributed by atoms with E-state index in [-0.39, 0.29) is 0 Å². The third-order valence-electron chi connectivity index (χ3n) is 5.08. The first-order chi connectivity index (χ1) is 15.8. The van der Waals surface area contributed by atoms with Crippen molar-refractivity contribution in [3.63, 3.8) is 0 Å². The fourth-order valence-electron chi connectivity index (χ4n) is 3.51. The predicted octanol–water partition coefficient (Wildman–Crippen LogP) is 5.10. The van der Waals surface area contributed by atoms with Gasteiger partial charge in [-0.1, -0.05) is 54.6 Å². The van der Waals surface area contributed by atoms with Crippen molar-refractivity contribution in [1.82, 2.24) is 20.2 Å². The Morgan fingerprint density at radius 2 is 1.53 bits per heavy atom. The van der Waals surface area contributed by atoms with Crippen molar-refractivity contribution in [3.8, 4) is 11.5 Å².